The zero-order valence-electron chi connectivity index (χ0n) is 11.3. The average Bonchev–Trinajstić information content (AvgIpc) is 2.83. The lowest BCUT2D eigenvalue weighted by Gasteiger charge is -2.30. The van der Waals surface area contributed by atoms with Crippen LogP contribution in [0.5, 0.6) is 0 Å². The molecule has 1 aromatic heterocycles. The summed E-state index contributed by atoms with van der Waals surface area (Å²) in [6.45, 7) is 9.25. The van der Waals surface area contributed by atoms with Crippen molar-refractivity contribution in [2.75, 3.05) is 0 Å². The highest BCUT2D eigenvalue weighted by molar-refractivity contribution is 5.07. The third-order valence-electron chi connectivity index (χ3n) is 4.04. The van der Waals surface area contributed by atoms with Gasteiger partial charge in [0.1, 0.15) is 12.2 Å². The molecule has 0 saturated heterocycles. The van der Waals surface area contributed by atoms with Gasteiger partial charge < -0.3 is 5.11 Å². The van der Waals surface area contributed by atoms with Crippen molar-refractivity contribution in [2.45, 2.75) is 59.1 Å². The Kier molecular flexibility index (Phi) is 3.02. The molecule has 0 aromatic carbocycles. The summed E-state index contributed by atoms with van der Waals surface area (Å²) >= 11 is 0. The van der Waals surface area contributed by atoms with Crippen LogP contribution in [0, 0.1) is 11.3 Å². The first-order valence-electron chi connectivity index (χ1n) is 6.43. The molecule has 4 nitrogen and oxygen atoms in total. The number of rotatable bonds is 5. The van der Waals surface area contributed by atoms with E-state index < -0.39 is 5.60 Å². The van der Waals surface area contributed by atoms with Crippen LogP contribution in [-0.4, -0.2) is 25.5 Å². The summed E-state index contributed by atoms with van der Waals surface area (Å²) in [6, 6.07) is 0. The summed E-state index contributed by atoms with van der Waals surface area (Å²) in [5.41, 5.74) is -0.601. The first-order valence-corrected chi connectivity index (χ1v) is 6.43. The average molecular weight is 237 g/mol. The van der Waals surface area contributed by atoms with E-state index in [0.717, 1.165) is 25.2 Å². The highest BCUT2D eigenvalue weighted by Crippen LogP contribution is 2.54. The monoisotopic (exact) mass is 237 g/mol. The van der Waals surface area contributed by atoms with E-state index in [-0.39, 0.29) is 5.41 Å². The molecular weight excluding hydrogens is 214 g/mol. The van der Waals surface area contributed by atoms with Crippen molar-refractivity contribution in [3.05, 3.63) is 12.2 Å². The van der Waals surface area contributed by atoms with Gasteiger partial charge in [0.25, 0.3) is 0 Å². The minimum atomic E-state index is -0.672. The fourth-order valence-corrected chi connectivity index (χ4v) is 2.17. The molecule has 1 atom stereocenters. The molecule has 1 aliphatic carbocycles. The Hall–Kier alpha value is -0.900. The molecule has 1 saturated carbocycles. The summed E-state index contributed by atoms with van der Waals surface area (Å²) in [7, 11) is 0. The third kappa shape index (κ3) is 2.51. The van der Waals surface area contributed by atoms with E-state index >= 15 is 0 Å². The zero-order valence-corrected chi connectivity index (χ0v) is 11.3. The van der Waals surface area contributed by atoms with Gasteiger partial charge in [0.05, 0.1) is 5.60 Å². The molecule has 1 unspecified atom stereocenters. The summed E-state index contributed by atoms with van der Waals surface area (Å²) in [4.78, 5) is 4.29. The molecule has 0 amide bonds. The Labute approximate surface area is 103 Å². The zero-order chi connectivity index (χ0) is 12.7. The van der Waals surface area contributed by atoms with Crippen molar-refractivity contribution in [2.24, 2.45) is 11.3 Å². The SMILES string of the molecule is CC(C)Cn1ncnc1CC(C)(O)C1(C)CC1. The summed E-state index contributed by atoms with van der Waals surface area (Å²) in [5.74, 6) is 1.44. The van der Waals surface area contributed by atoms with E-state index in [9.17, 15) is 5.11 Å². The minimum Gasteiger partial charge on any atom is -0.389 e. The lowest BCUT2D eigenvalue weighted by molar-refractivity contribution is -0.00970. The summed E-state index contributed by atoms with van der Waals surface area (Å²) in [6.07, 6.45) is 4.40. The Bertz CT molecular complexity index is 391. The van der Waals surface area contributed by atoms with Gasteiger partial charge in [-0.3, -0.25) is 0 Å². The van der Waals surface area contributed by atoms with Crippen molar-refractivity contribution in [3.63, 3.8) is 0 Å². The molecule has 4 heteroatoms. The quantitative estimate of drug-likeness (QED) is 0.852. The summed E-state index contributed by atoms with van der Waals surface area (Å²) in [5, 5.41) is 14.8. The van der Waals surface area contributed by atoms with Gasteiger partial charge in [-0.05, 0) is 31.1 Å². The maximum Gasteiger partial charge on any atom is 0.138 e. The largest absolute Gasteiger partial charge is 0.389 e. The molecule has 0 spiro atoms. The molecule has 1 fully saturated rings. The molecule has 17 heavy (non-hydrogen) atoms. The van der Waals surface area contributed by atoms with Crippen LogP contribution in [0.4, 0.5) is 0 Å². The van der Waals surface area contributed by atoms with E-state index in [2.05, 4.69) is 30.9 Å². The van der Waals surface area contributed by atoms with Crippen molar-refractivity contribution in [1.82, 2.24) is 14.8 Å². The predicted octanol–water partition coefficient (Wildman–Crippen LogP) is 2.03. The normalized spacial score (nSPS) is 21.5. The van der Waals surface area contributed by atoms with E-state index in [1.807, 2.05) is 11.6 Å². The first-order chi connectivity index (χ1) is 7.84. The molecule has 1 N–H and O–H groups in total. The molecule has 1 heterocycles. The fourth-order valence-electron chi connectivity index (χ4n) is 2.17. The highest BCUT2D eigenvalue weighted by Gasteiger charge is 2.52. The van der Waals surface area contributed by atoms with Crippen molar-refractivity contribution >= 4 is 0 Å². The van der Waals surface area contributed by atoms with Crippen LogP contribution in [0.1, 0.15) is 46.4 Å². The van der Waals surface area contributed by atoms with Gasteiger partial charge in [-0.15, -0.1) is 0 Å². The van der Waals surface area contributed by atoms with Gasteiger partial charge in [0.2, 0.25) is 0 Å². The van der Waals surface area contributed by atoms with Crippen LogP contribution in [0.25, 0.3) is 0 Å². The molecule has 1 aliphatic rings. The van der Waals surface area contributed by atoms with Gasteiger partial charge in [0.15, 0.2) is 0 Å². The van der Waals surface area contributed by atoms with Gasteiger partial charge in [-0.25, -0.2) is 9.67 Å². The van der Waals surface area contributed by atoms with E-state index in [1.165, 1.54) is 0 Å². The Morgan fingerprint density at radius 2 is 2.18 bits per heavy atom. The third-order valence-corrected chi connectivity index (χ3v) is 4.04. The fraction of sp³-hybridized carbons (Fsp3) is 0.846. The van der Waals surface area contributed by atoms with Crippen LogP contribution in [0.15, 0.2) is 6.33 Å². The molecule has 1 aromatic rings. The highest BCUT2D eigenvalue weighted by atomic mass is 16.3. The van der Waals surface area contributed by atoms with E-state index in [4.69, 9.17) is 0 Å². The lowest BCUT2D eigenvalue weighted by atomic mass is 9.84. The van der Waals surface area contributed by atoms with Gasteiger partial charge in [0, 0.05) is 13.0 Å². The summed E-state index contributed by atoms with van der Waals surface area (Å²) < 4.78 is 1.92. The Morgan fingerprint density at radius 1 is 1.53 bits per heavy atom. The topological polar surface area (TPSA) is 50.9 Å². The van der Waals surface area contributed by atoms with Crippen LogP contribution in [0.3, 0.4) is 0 Å². The number of hydrogen-bond donors (Lipinski definition) is 1. The van der Waals surface area contributed by atoms with Crippen molar-refractivity contribution in [1.29, 1.82) is 0 Å². The van der Waals surface area contributed by atoms with E-state index in [0.29, 0.717) is 12.3 Å². The van der Waals surface area contributed by atoms with E-state index in [1.54, 1.807) is 6.33 Å². The number of hydrogen-bond acceptors (Lipinski definition) is 3. The van der Waals surface area contributed by atoms with Crippen LogP contribution < -0.4 is 0 Å². The molecule has 0 bridgehead atoms. The Balaban J connectivity index is 2.10. The number of aliphatic hydroxyl groups is 1. The second-order valence-electron chi connectivity index (χ2n) is 6.26. The standard InChI is InChI=1S/C13H23N3O/c1-10(2)8-16-11(14-9-15-16)7-13(4,17)12(3)5-6-12/h9-10,17H,5-8H2,1-4H3. The van der Waals surface area contributed by atoms with Crippen LogP contribution >= 0.6 is 0 Å². The second-order valence-corrected chi connectivity index (χ2v) is 6.26. The number of nitrogens with zero attached hydrogens (tertiary/aromatic N) is 3. The second kappa shape index (κ2) is 4.09. The van der Waals surface area contributed by atoms with Gasteiger partial charge in [-0.1, -0.05) is 20.8 Å². The number of aromatic nitrogens is 3. The first kappa shape index (κ1) is 12.6. The van der Waals surface area contributed by atoms with Gasteiger partial charge >= 0.3 is 0 Å². The maximum atomic E-state index is 10.6. The maximum absolute atomic E-state index is 10.6. The van der Waals surface area contributed by atoms with Crippen LogP contribution in [0.2, 0.25) is 0 Å². The molecular formula is C13H23N3O. The molecule has 0 radical (unpaired) electrons. The predicted molar refractivity (Wildman–Crippen MR) is 66.5 cm³/mol. The van der Waals surface area contributed by atoms with Crippen molar-refractivity contribution in [3.8, 4) is 0 Å². The van der Waals surface area contributed by atoms with Crippen LogP contribution in [-0.2, 0) is 13.0 Å². The Morgan fingerprint density at radius 3 is 2.71 bits per heavy atom. The molecule has 2 rings (SSSR count). The molecule has 0 aliphatic heterocycles. The minimum absolute atomic E-state index is 0.0710. The smallest absolute Gasteiger partial charge is 0.138 e. The van der Waals surface area contributed by atoms with Crippen molar-refractivity contribution < 1.29 is 5.11 Å². The van der Waals surface area contributed by atoms with Gasteiger partial charge in [-0.2, -0.15) is 5.10 Å². The lowest BCUT2D eigenvalue weighted by Crippen LogP contribution is -2.38. The molecule has 96 valence electrons.